The Kier molecular flexibility index (Phi) is 5.64. The topological polar surface area (TPSA) is 70.0 Å². The molecule has 0 saturated carbocycles. The zero-order valence-corrected chi connectivity index (χ0v) is 20.8. The predicted molar refractivity (Wildman–Crippen MR) is 130 cm³/mol. The van der Waals surface area contributed by atoms with Gasteiger partial charge in [-0.15, -0.1) is 0 Å². The van der Waals surface area contributed by atoms with E-state index in [0.29, 0.717) is 6.54 Å². The van der Waals surface area contributed by atoms with Gasteiger partial charge in [0, 0.05) is 31.3 Å². The summed E-state index contributed by atoms with van der Waals surface area (Å²) in [6, 6.07) is 7.84. The molecule has 1 fully saturated rings. The summed E-state index contributed by atoms with van der Waals surface area (Å²) >= 11 is 0. The van der Waals surface area contributed by atoms with E-state index in [9.17, 15) is 9.59 Å². The van der Waals surface area contributed by atoms with Gasteiger partial charge in [-0.05, 0) is 76.5 Å². The molecule has 0 unspecified atom stereocenters. The normalized spacial score (nSPS) is 20.8. The van der Waals surface area contributed by atoms with Crippen molar-refractivity contribution in [3.05, 3.63) is 46.8 Å². The van der Waals surface area contributed by atoms with Crippen molar-refractivity contribution in [3.63, 3.8) is 0 Å². The summed E-state index contributed by atoms with van der Waals surface area (Å²) < 4.78 is 20.3. The van der Waals surface area contributed by atoms with Crippen molar-refractivity contribution >= 4 is 30.1 Å². The number of hydrogen-bond acceptors (Lipinski definition) is 5. The Morgan fingerprint density at radius 1 is 1.09 bits per heavy atom. The average Bonchev–Trinajstić information content (AvgIpc) is 3.26. The Labute approximate surface area is 201 Å². The average molecular weight is 464 g/mol. The van der Waals surface area contributed by atoms with Crippen molar-refractivity contribution in [2.75, 3.05) is 11.4 Å². The van der Waals surface area contributed by atoms with Gasteiger partial charge in [0.05, 0.1) is 16.9 Å². The zero-order valence-electron chi connectivity index (χ0n) is 20.8. The minimum absolute atomic E-state index is 0.0178. The minimum atomic E-state index is -0.619. The van der Waals surface area contributed by atoms with Crippen LogP contribution in [-0.4, -0.2) is 41.3 Å². The number of anilines is 1. The minimum Gasteiger partial charge on any atom is -0.461 e. The molecule has 1 aromatic heterocycles. The molecule has 2 aromatic rings. The largest absolute Gasteiger partial charge is 0.495 e. The Hall–Kier alpha value is -2.58. The van der Waals surface area contributed by atoms with E-state index in [1.807, 2.05) is 50.8 Å². The summed E-state index contributed by atoms with van der Waals surface area (Å²) in [6.45, 7) is 10.8. The standard InChI is InChI=1S/C26H33BN2O5/c1-17(30)32-16-19-20(27-33-25(2,3)26(4,5)34-27)10-8-12-22(19)29-14-13-28-21-11-7-6-9-18(21)15-23(28)24(29)31/h8,10,12,15H,6-7,9,11,13-14,16H2,1-5H3. The van der Waals surface area contributed by atoms with Crippen LogP contribution in [-0.2, 0) is 44.8 Å². The summed E-state index contributed by atoms with van der Waals surface area (Å²) in [5.41, 5.74) is 4.63. The molecular formula is C26H33BN2O5. The van der Waals surface area contributed by atoms with Gasteiger partial charge in [-0.25, -0.2) is 0 Å². The van der Waals surface area contributed by atoms with Crippen LogP contribution in [0.2, 0.25) is 0 Å². The van der Waals surface area contributed by atoms with Crippen molar-refractivity contribution in [2.24, 2.45) is 0 Å². The van der Waals surface area contributed by atoms with Gasteiger partial charge in [0.15, 0.2) is 0 Å². The molecule has 0 bridgehead atoms. The van der Waals surface area contributed by atoms with E-state index in [0.717, 1.165) is 41.8 Å². The predicted octanol–water partition coefficient (Wildman–Crippen LogP) is 3.39. The molecule has 2 aliphatic heterocycles. The molecule has 0 spiro atoms. The maximum absolute atomic E-state index is 13.7. The van der Waals surface area contributed by atoms with Gasteiger partial charge in [-0.2, -0.15) is 0 Å². The first-order valence-corrected chi connectivity index (χ1v) is 12.2. The van der Waals surface area contributed by atoms with E-state index < -0.39 is 18.3 Å². The quantitative estimate of drug-likeness (QED) is 0.513. The van der Waals surface area contributed by atoms with Crippen LogP contribution in [0.1, 0.15) is 74.8 Å². The SMILES string of the molecule is CC(=O)OCc1c(B2OC(C)(C)C(C)(C)O2)cccc1N1CCn2c(cc3c2CCCC3)C1=O. The summed E-state index contributed by atoms with van der Waals surface area (Å²) in [7, 11) is -0.619. The lowest BCUT2D eigenvalue weighted by Crippen LogP contribution is -2.43. The second kappa shape index (κ2) is 8.27. The first kappa shape index (κ1) is 23.2. The lowest BCUT2D eigenvalue weighted by molar-refractivity contribution is -0.142. The number of carbonyl (C=O) groups is 2. The van der Waals surface area contributed by atoms with Gasteiger partial charge in [-0.1, -0.05) is 12.1 Å². The lowest BCUT2D eigenvalue weighted by atomic mass is 9.75. The van der Waals surface area contributed by atoms with Crippen LogP contribution in [0.3, 0.4) is 0 Å². The van der Waals surface area contributed by atoms with Crippen LogP contribution < -0.4 is 10.4 Å². The van der Waals surface area contributed by atoms with Gasteiger partial charge in [0.25, 0.3) is 5.91 Å². The second-order valence-electron chi connectivity index (χ2n) is 10.5. The fraction of sp³-hybridized carbons (Fsp3) is 0.538. The maximum atomic E-state index is 13.7. The van der Waals surface area contributed by atoms with E-state index in [4.69, 9.17) is 14.0 Å². The monoisotopic (exact) mass is 464 g/mol. The first-order valence-electron chi connectivity index (χ1n) is 12.2. The van der Waals surface area contributed by atoms with Gasteiger partial charge in [0.1, 0.15) is 12.3 Å². The fourth-order valence-electron chi connectivity index (χ4n) is 5.23. The second-order valence-corrected chi connectivity index (χ2v) is 10.5. The molecule has 5 rings (SSSR count). The highest BCUT2D eigenvalue weighted by Gasteiger charge is 2.52. The lowest BCUT2D eigenvalue weighted by Gasteiger charge is -2.32. The summed E-state index contributed by atoms with van der Waals surface area (Å²) in [6.07, 6.45) is 4.43. The van der Waals surface area contributed by atoms with Crippen LogP contribution in [0.25, 0.3) is 0 Å². The van der Waals surface area contributed by atoms with E-state index in [-0.39, 0.29) is 18.5 Å². The summed E-state index contributed by atoms with van der Waals surface area (Å²) in [5.74, 6) is -0.392. The third-order valence-corrected chi connectivity index (χ3v) is 7.82. The number of benzene rings is 1. The molecular weight excluding hydrogens is 431 g/mol. The Morgan fingerprint density at radius 3 is 2.50 bits per heavy atom. The highest BCUT2D eigenvalue weighted by atomic mass is 16.7. The highest BCUT2D eigenvalue weighted by Crippen LogP contribution is 2.38. The van der Waals surface area contributed by atoms with Crippen molar-refractivity contribution in [1.82, 2.24) is 4.57 Å². The number of ether oxygens (including phenoxy) is 1. The molecule has 34 heavy (non-hydrogen) atoms. The van der Waals surface area contributed by atoms with Crippen molar-refractivity contribution in [1.29, 1.82) is 0 Å². The Bertz CT molecular complexity index is 1140. The fourth-order valence-corrected chi connectivity index (χ4v) is 5.23. The third-order valence-electron chi connectivity index (χ3n) is 7.82. The molecule has 180 valence electrons. The molecule has 1 aromatic carbocycles. The third kappa shape index (κ3) is 3.77. The number of hydrogen-bond donors (Lipinski definition) is 0. The van der Waals surface area contributed by atoms with Gasteiger partial charge in [-0.3, -0.25) is 9.59 Å². The highest BCUT2D eigenvalue weighted by molar-refractivity contribution is 6.62. The van der Waals surface area contributed by atoms with Crippen molar-refractivity contribution < 1.29 is 23.6 Å². The molecule has 3 aliphatic rings. The molecule has 1 saturated heterocycles. The number of nitrogens with zero attached hydrogens (tertiary/aromatic N) is 2. The molecule has 0 radical (unpaired) electrons. The molecule has 7 nitrogen and oxygen atoms in total. The molecule has 1 amide bonds. The van der Waals surface area contributed by atoms with E-state index in [1.165, 1.54) is 31.0 Å². The van der Waals surface area contributed by atoms with Crippen molar-refractivity contribution in [3.8, 4) is 0 Å². The Morgan fingerprint density at radius 2 is 1.79 bits per heavy atom. The molecule has 0 atom stereocenters. The van der Waals surface area contributed by atoms with E-state index in [2.05, 4.69) is 10.6 Å². The zero-order chi connectivity index (χ0) is 24.3. The van der Waals surface area contributed by atoms with Crippen LogP contribution in [0, 0.1) is 0 Å². The maximum Gasteiger partial charge on any atom is 0.495 e. The molecule has 1 aliphatic carbocycles. The number of rotatable bonds is 4. The van der Waals surface area contributed by atoms with Crippen LogP contribution in [0.15, 0.2) is 24.3 Å². The van der Waals surface area contributed by atoms with Crippen LogP contribution in [0.5, 0.6) is 0 Å². The number of aromatic nitrogens is 1. The van der Waals surface area contributed by atoms with Gasteiger partial charge >= 0.3 is 13.1 Å². The number of fused-ring (bicyclic) bond motifs is 3. The Balaban J connectivity index is 1.54. The van der Waals surface area contributed by atoms with Gasteiger partial charge < -0.3 is 23.5 Å². The van der Waals surface area contributed by atoms with Crippen LogP contribution in [0.4, 0.5) is 5.69 Å². The number of aryl methyl sites for hydroxylation is 1. The van der Waals surface area contributed by atoms with E-state index >= 15 is 0 Å². The van der Waals surface area contributed by atoms with Crippen LogP contribution >= 0.6 is 0 Å². The summed E-state index contributed by atoms with van der Waals surface area (Å²) in [4.78, 5) is 27.2. The van der Waals surface area contributed by atoms with Gasteiger partial charge in [0.2, 0.25) is 0 Å². The smallest absolute Gasteiger partial charge is 0.461 e. The van der Waals surface area contributed by atoms with E-state index in [1.54, 1.807) is 0 Å². The summed E-state index contributed by atoms with van der Waals surface area (Å²) in [5, 5.41) is 0. The van der Waals surface area contributed by atoms with Crippen molar-refractivity contribution in [2.45, 2.75) is 84.7 Å². The molecule has 3 heterocycles. The molecule has 8 heteroatoms. The number of amides is 1. The number of carbonyl (C=O) groups excluding carboxylic acids is 2. The molecule has 0 N–H and O–H groups in total. The first-order chi connectivity index (χ1) is 16.1. The number of esters is 1.